The van der Waals surface area contributed by atoms with Crippen molar-refractivity contribution in [2.24, 2.45) is 5.92 Å². The molecule has 0 spiro atoms. The number of piperidine rings is 1. The largest absolute Gasteiger partial charge is 0.319 e. The third-order valence-corrected chi connectivity index (χ3v) is 3.73. The second-order valence-electron chi connectivity index (χ2n) is 5.26. The second-order valence-corrected chi connectivity index (χ2v) is 5.26. The van der Waals surface area contributed by atoms with Crippen LogP contribution in [0.5, 0.6) is 0 Å². The van der Waals surface area contributed by atoms with Gasteiger partial charge in [-0.1, -0.05) is 43.7 Å². The van der Waals surface area contributed by atoms with Crippen LogP contribution < -0.4 is 5.32 Å². The van der Waals surface area contributed by atoms with Crippen molar-refractivity contribution in [2.45, 2.75) is 40.2 Å². The first kappa shape index (κ1) is 16.2. The van der Waals surface area contributed by atoms with Crippen molar-refractivity contribution in [3.8, 4) is 0 Å². The predicted molar refractivity (Wildman–Crippen MR) is 84.5 cm³/mol. The fraction of sp³-hybridized carbons (Fsp3) is 0.647. The van der Waals surface area contributed by atoms with Crippen molar-refractivity contribution in [2.75, 3.05) is 26.7 Å². The van der Waals surface area contributed by atoms with Gasteiger partial charge in [0, 0.05) is 6.54 Å². The van der Waals surface area contributed by atoms with Gasteiger partial charge in [0.25, 0.3) is 0 Å². The monoisotopic (exact) mass is 262 g/mol. The lowest BCUT2D eigenvalue weighted by Gasteiger charge is -2.31. The van der Waals surface area contributed by atoms with Crippen molar-refractivity contribution >= 4 is 0 Å². The maximum Gasteiger partial charge on any atom is 0.0233 e. The van der Waals surface area contributed by atoms with Gasteiger partial charge in [0.05, 0.1) is 0 Å². The molecule has 0 aromatic heterocycles. The second kappa shape index (κ2) is 9.11. The molecule has 1 saturated heterocycles. The summed E-state index contributed by atoms with van der Waals surface area (Å²) in [7, 11) is 2.05. The number of aryl methyl sites for hydroxylation is 1. The Balaban J connectivity index is 0.000000861. The summed E-state index contributed by atoms with van der Waals surface area (Å²) in [5.41, 5.74) is 2.80. The molecule has 1 aliphatic rings. The molecule has 0 atom stereocenters. The Morgan fingerprint density at radius 1 is 1.11 bits per heavy atom. The fourth-order valence-electron chi connectivity index (χ4n) is 2.59. The van der Waals surface area contributed by atoms with E-state index in [4.69, 9.17) is 0 Å². The first-order valence-corrected chi connectivity index (χ1v) is 7.70. The van der Waals surface area contributed by atoms with Crippen LogP contribution in [0.3, 0.4) is 0 Å². The number of likely N-dealkylation sites (tertiary alicyclic amines) is 1. The molecule has 1 aromatic carbocycles. The average Bonchev–Trinajstić information content (AvgIpc) is 2.46. The summed E-state index contributed by atoms with van der Waals surface area (Å²) in [6.45, 7) is 10.9. The summed E-state index contributed by atoms with van der Waals surface area (Å²) in [5, 5.41) is 3.29. The molecular weight excluding hydrogens is 232 g/mol. The van der Waals surface area contributed by atoms with Crippen LogP contribution in [0.1, 0.15) is 37.8 Å². The van der Waals surface area contributed by atoms with E-state index in [9.17, 15) is 0 Å². The third kappa shape index (κ3) is 5.75. The van der Waals surface area contributed by atoms with E-state index in [1.165, 1.54) is 43.6 Å². The molecule has 0 radical (unpaired) electrons. The Morgan fingerprint density at radius 3 is 2.21 bits per heavy atom. The van der Waals surface area contributed by atoms with Crippen molar-refractivity contribution in [3.63, 3.8) is 0 Å². The SMILES string of the molecule is CC.CNCC1CCN(Cc2ccc(C)cc2)CC1. The topological polar surface area (TPSA) is 15.3 Å². The van der Waals surface area contributed by atoms with Gasteiger partial charge < -0.3 is 5.32 Å². The van der Waals surface area contributed by atoms with Crippen molar-refractivity contribution in [1.29, 1.82) is 0 Å². The number of hydrogen-bond donors (Lipinski definition) is 1. The highest BCUT2D eigenvalue weighted by molar-refractivity contribution is 5.21. The van der Waals surface area contributed by atoms with Crippen LogP contribution in [0.15, 0.2) is 24.3 Å². The molecule has 19 heavy (non-hydrogen) atoms. The van der Waals surface area contributed by atoms with Gasteiger partial charge in [-0.05, 0) is 57.9 Å². The zero-order chi connectivity index (χ0) is 14.1. The smallest absolute Gasteiger partial charge is 0.0233 e. The number of nitrogens with zero attached hydrogens (tertiary/aromatic N) is 1. The quantitative estimate of drug-likeness (QED) is 0.894. The summed E-state index contributed by atoms with van der Waals surface area (Å²) in [6.07, 6.45) is 2.68. The van der Waals surface area contributed by atoms with Crippen molar-refractivity contribution < 1.29 is 0 Å². The molecule has 0 bridgehead atoms. The first-order chi connectivity index (χ1) is 9.28. The minimum absolute atomic E-state index is 0.884. The van der Waals surface area contributed by atoms with E-state index in [1.807, 2.05) is 13.8 Å². The fourth-order valence-corrected chi connectivity index (χ4v) is 2.59. The van der Waals surface area contributed by atoms with E-state index >= 15 is 0 Å². The maximum atomic E-state index is 3.29. The molecule has 108 valence electrons. The lowest BCUT2D eigenvalue weighted by Crippen LogP contribution is -2.36. The van der Waals surface area contributed by atoms with Gasteiger partial charge in [-0.3, -0.25) is 4.90 Å². The molecule has 0 saturated carbocycles. The van der Waals surface area contributed by atoms with E-state index in [-0.39, 0.29) is 0 Å². The van der Waals surface area contributed by atoms with Crippen molar-refractivity contribution in [1.82, 2.24) is 10.2 Å². The van der Waals surface area contributed by atoms with Gasteiger partial charge in [0.2, 0.25) is 0 Å². The maximum absolute atomic E-state index is 3.29. The summed E-state index contributed by atoms with van der Waals surface area (Å²) in [6, 6.07) is 8.94. The molecule has 0 amide bonds. The van der Waals surface area contributed by atoms with Crippen LogP contribution in [-0.4, -0.2) is 31.6 Å². The minimum atomic E-state index is 0.884. The van der Waals surface area contributed by atoms with Gasteiger partial charge in [-0.15, -0.1) is 0 Å². The van der Waals surface area contributed by atoms with Crippen LogP contribution in [0.2, 0.25) is 0 Å². The van der Waals surface area contributed by atoms with Crippen LogP contribution in [-0.2, 0) is 6.54 Å². The number of hydrogen-bond acceptors (Lipinski definition) is 2. The molecule has 1 N–H and O–H groups in total. The van der Waals surface area contributed by atoms with Crippen LogP contribution in [0.25, 0.3) is 0 Å². The highest BCUT2D eigenvalue weighted by atomic mass is 15.1. The summed E-state index contributed by atoms with van der Waals surface area (Å²) in [4.78, 5) is 2.58. The molecule has 0 unspecified atom stereocenters. The molecule has 1 aromatic rings. The van der Waals surface area contributed by atoms with Crippen LogP contribution >= 0.6 is 0 Å². The van der Waals surface area contributed by atoms with E-state index in [1.54, 1.807) is 0 Å². The van der Waals surface area contributed by atoms with E-state index < -0.39 is 0 Å². The Bertz CT molecular complexity index is 324. The van der Waals surface area contributed by atoms with Crippen LogP contribution in [0.4, 0.5) is 0 Å². The molecular formula is C17H30N2. The van der Waals surface area contributed by atoms with Crippen LogP contribution in [0, 0.1) is 12.8 Å². The van der Waals surface area contributed by atoms with Gasteiger partial charge in [0.1, 0.15) is 0 Å². The highest BCUT2D eigenvalue weighted by Crippen LogP contribution is 2.18. The van der Waals surface area contributed by atoms with Gasteiger partial charge in [0.15, 0.2) is 0 Å². The third-order valence-electron chi connectivity index (χ3n) is 3.73. The molecule has 1 aliphatic heterocycles. The highest BCUT2D eigenvalue weighted by Gasteiger charge is 2.18. The average molecular weight is 262 g/mol. The summed E-state index contributed by atoms with van der Waals surface area (Å²) < 4.78 is 0. The Kier molecular flexibility index (Phi) is 7.76. The number of benzene rings is 1. The molecule has 2 heteroatoms. The predicted octanol–water partition coefficient (Wildman–Crippen LogP) is 3.45. The molecule has 0 aliphatic carbocycles. The van der Waals surface area contributed by atoms with Gasteiger partial charge >= 0.3 is 0 Å². The lowest BCUT2D eigenvalue weighted by atomic mass is 9.96. The Labute approximate surface area is 119 Å². The first-order valence-electron chi connectivity index (χ1n) is 7.70. The number of rotatable bonds is 4. The normalized spacial score (nSPS) is 16.8. The van der Waals surface area contributed by atoms with Gasteiger partial charge in [-0.25, -0.2) is 0 Å². The Morgan fingerprint density at radius 2 is 1.68 bits per heavy atom. The van der Waals surface area contributed by atoms with E-state index in [0.29, 0.717) is 0 Å². The zero-order valence-electron chi connectivity index (χ0n) is 13.1. The zero-order valence-corrected chi connectivity index (χ0v) is 13.1. The standard InChI is InChI=1S/C15H24N2.C2H6/c1-13-3-5-15(6-4-13)12-17-9-7-14(8-10-17)11-16-2;1-2/h3-6,14,16H,7-12H2,1-2H3;1-2H3. The minimum Gasteiger partial charge on any atom is -0.319 e. The lowest BCUT2D eigenvalue weighted by molar-refractivity contribution is 0.177. The Hall–Kier alpha value is -0.860. The van der Waals surface area contributed by atoms with E-state index in [2.05, 4.69) is 48.5 Å². The van der Waals surface area contributed by atoms with Crippen molar-refractivity contribution in [3.05, 3.63) is 35.4 Å². The molecule has 1 fully saturated rings. The van der Waals surface area contributed by atoms with Gasteiger partial charge in [-0.2, -0.15) is 0 Å². The molecule has 2 rings (SSSR count). The summed E-state index contributed by atoms with van der Waals surface area (Å²) in [5.74, 6) is 0.884. The van der Waals surface area contributed by atoms with E-state index in [0.717, 1.165) is 12.5 Å². The summed E-state index contributed by atoms with van der Waals surface area (Å²) >= 11 is 0. The molecule has 2 nitrogen and oxygen atoms in total. The molecule has 1 heterocycles. The number of nitrogens with one attached hydrogen (secondary N) is 1.